The van der Waals surface area contributed by atoms with E-state index in [1.165, 1.54) is 31.2 Å². The number of benzene rings is 1. The predicted octanol–water partition coefficient (Wildman–Crippen LogP) is 1.92. The average molecular weight is 339 g/mol. The van der Waals surface area contributed by atoms with Crippen LogP contribution in [0.5, 0.6) is 0 Å². The van der Waals surface area contributed by atoms with E-state index in [-0.39, 0.29) is 17.0 Å². The SMILES string of the molecule is COCC[C@H](C)NC(=O)Nc1ccc(S(=O)(=O)[C@@H](C)C#N)cc1. The Bertz CT molecular complexity index is 665. The summed E-state index contributed by atoms with van der Waals surface area (Å²) in [7, 11) is -2.07. The molecule has 23 heavy (non-hydrogen) atoms. The van der Waals surface area contributed by atoms with Crippen molar-refractivity contribution in [2.45, 2.75) is 36.5 Å². The van der Waals surface area contributed by atoms with E-state index in [0.717, 1.165) is 0 Å². The van der Waals surface area contributed by atoms with Gasteiger partial charge in [-0.3, -0.25) is 0 Å². The number of nitrogens with zero attached hydrogens (tertiary/aromatic N) is 1. The van der Waals surface area contributed by atoms with E-state index in [0.29, 0.717) is 18.7 Å². The fourth-order valence-electron chi connectivity index (χ4n) is 1.76. The molecule has 1 aromatic carbocycles. The molecule has 7 nitrogen and oxygen atoms in total. The second kappa shape index (κ2) is 8.50. The second-order valence-corrected chi connectivity index (χ2v) is 7.39. The first-order valence-corrected chi connectivity index (χ1v) is 8.66. The molecule has 0 bridgehead atoms. The molecule has 0 aromatic heterocycles. The zero-order chi connectivity index (χ0) is 17.5. The minimum atomic E-state index is -3.67. The second-order valence-electron chi connectivity index (χ2n) is 5.12. The average Bonchev–Trinajstić information content (AvgIpc) is 2.52. The largest absolute Gasteiger partial charge is 0.385 e. The third kappa shape index (κ3) is 5.54. The quantitative estimate of drug-likeness (QED) is 0.789. The third-order valence-electron chi connectivity index (χ3n) is 3.22. The monoisotopic (exact) mass is 339 g/mol. The third-order valence-corrected chi connectivity index (χ3v) is 5.19. The van der Waals surface area contributed by atoms with Gasteiger partial charge in [-0.1, -0.05) is 0 Å². The molecule has 126 valence electrons. The van der Waals surface area contributed by atoms with Crippen molar-refractivity contribution in [3.05, 3.63) is 24.3 Å². The van der Waals surface area contributed by atoms with Crippen LogP contribution in [-0.2, 0) is 14.6 Å². The summed E-state index contributed by atoms with van der Waals surface area (Å²) in [6.07, 6.45) is 0.688. The molecule has 0 heterocycles. The van der Waals surface area contributed by atoms with Crippen molar-refractivity contribution < 1.29 is 17.9 Å². The minimum absolute atomic E-state index is 0.0472. The zero-order valence-corrected chi connectivity index (χ0v) is 14.2. The number of rotatable bonds is 7. The number of hydrogen-bond acceptors (Lipinski definition) is 5. The number of anilines is 1. The number of ether oxygens (including phenoxy) is 1. The number of amides is 2. The van der Waals surface area contributed by atoms with E-state index >= 15 is 0 Å². The molecule has 0 saturated heterocycles. The van der Waals surface area contributed by atoms with Gasteiger partial charge in [0.2, 0.25) is 0 Å². The number of urea groups is 1. The van der Waals surface area contributed by atoms with Gasteiger partial charge in [-0.05, 0) is 44.5 Å². The molecule has 2 N–H and O–H groups in total. The van der Waals surface area contributed by atoms with E-state index in [4.69, 9.17) is 10.00 Å². The van der Waals surface area contributed by atoms with Crippen molar-refractivity contribution in [2.75, 3.05) is 19.0 Å². The number of nitrogens with one attached hydrogen (secondary N) is 2. The molecule has 0 aliphatic carbocycles. The van der Waals surface area contributed by atoms with Crippen LogP contribution in [0.4, 0.5) is 10.5 Å². The number of hydrogen-bond donors (Lipinski definition) is 2. The van der Waals surface area contributed by atoms with Crippen molar-refractivity contribution >= 4 is 21.6 Å². The van der Waals surface area contributed by atoms with E-state index < -0.39 is 15.1 Å². The molecule has 0 saturated carbocycles. The maximum atomic E-state index is 12.0. The van der Waals surface area contributed by atoms with Gasteiger partial charge in [-0.15, -0.1) is 0 Å². The highest BCUT2D eigenvalue weighted by atomic mass is 32.2. The Hall–Kier alpha value is -2.11. The summed E-state index contributed by atoms with van der Waals surface area (Å²) in [5, 5.41) is 13.0. The molecule has 8 heteroatoms. The Morgan fingerprint density at radius 3 is 2.43 bits per heavy atom. The summed E-state index contributed by atoms with van der Waals surface area (Å²) in [4.78, 5) is 11.8. The first kappa shape index (κ1) is 18.9. The van der Waals surface area contributed by atoms with Crippen LogP contribution in [-0.4, -0.2) is 39.5 Å². The van der Waals surface area contributed by atoms with Crippen molar-refractivity contribution in [1.82, 2.24) is 5.32 Å². The zero-order valence-electron chi connectivity index (χ0n) is 13.4. The standard InChI is InChI=1S/C15H21N3O4S/c1-11(8-9-22-3)17-15(19)18-13-4-6-14(7-5-13)23(20,21)12(2)10-16/h4-7,11-12H,8-9H2,1-3H3,(H2,17,18,19)/t11-,12-/m0/s1. The summed E-state index contributed by atoms with van der Waals surface area (Å²) in [5.74, 6) is 0. The number of carbonyl (C=O) groups excluding carboxylic acids is 1. The fraction of sp³-hybridized carbons (Fsp3) is 0.467. The van der Waals surface area contributed by atoms with Crippen molar-refractivity contribution in [2.24, 2.45) is 0 Å². The van der Waals surface area contributed by atoms with E-state index in [9.17, 15) is 13.2 Å². The minimum Gasteiger partial charge on any atom is -0.385 e. The molecular formula is C15H21N3O4S. The normalized spacial score (nSPS) is 13.7. The predicted molar refractivity (Wildman–Crippen MR) is 86.8 cm³/mol. The lowest BCUT2D eigenvalue weighted by Gasteiger charge is -2.14. The van der Waals surface area contributed by atoms with Crippen LogP contribution in [0.2, 0.25) is 0 Å². The highest BCUT2D eigenvalue weighted by Gasteiger charge is 2.22. The van der Waals surface area contributed by atoms with Crippen LogP contribution < -0.4 is 10.6 Å². The van der Waals surface area contributed by atoms with E-state index in [1.807, 2.05) is 6.92 Å². The summed E-state index contributed by atoms with van der Waals surface area (Å²) in [6, 6.07) is 6.98. The maximum Gasteiger partial charge on any atom is 0.319 e. The lowest BCUT2D eigenvalue weighted by Crippen LogP contribution is -2.36. The van der Waals surface area contributed by atoms with Gasteiger partial charge in [0.1, 0.15) is 5.25 Å². The Morgan fingerprint density at radius 1 is 1.30 bits per heavy atom. The summed E-state index contributed by atoms with van der Waals surface area (Å²) in [5.41, 5.74) is 0.463. The maximum absolute atomic E-state index is 12.0. The van der Waals surface area contributed by atoms with Gasteiger partial charge in [0, 0.05) is 25.4 Å². The molecule has 0 radical (unpaired) electrons. The molecule has 0 spiro atoms. The van der Waals surface area contributed by atoms with Crippen LogP contribution in [0.25, 0.3) is 0 Å². The fourth-order valence-corrected chi connectivity index (χ4v) is 2.82. The Balaban J connectivity index is 2.68. The molecule has 1 aromatic rings. The Labute approximate surface area is 136 Å². The lowest BCUT2D eigenvalue weighted by molar-refractivity contribution is 0.185. The summed E-state index contributed by atoms with van der Waals surface area (Å²) < 4.78 is 29.0. The van der Waals surface area contributed by atoms with Gasteiger partial charge in [0.15, 0.2) is 9.84 Å². The number of sulfone groups is 1. The molecule has 1 rings (SSSR count). The molecule has 2 atom stereocenters. The smallest absolute Gasteiger partial charge is 0.319 e. The van der Waals surface area contributed by atoms with Gasteiger partial charge < -0.3 is 15.4 Å². The molecule has 0 unspecified atom stereocenters. The Kier molecular flexibility index (Phi) is 7.00. The molecular weight excluding hydrogens is 318 g/mol. The van der Waals surface area contributed by atoms with Crippen LogP contribution in [0.3, 0.4) is 0 Å². The molecule has 0 aliphatic heterocycles. The summed E-state index contributed by atoms with van der Waals surface area (Å²) in [6.45, 7) is 3.74. The molecule has 0 aliphatic rings. The van der Waals surface area contributed by atoms with Crippen LogP contribution in [0, 0.1) is 11.3 Å². The number of carbonyl (C=O) groups is 1. The van der Waals surface area contributed by atoms with Crippen LogP contribution >= 0.6 is 0 Å². The topological polar surface area (TPSA) is 108 Å². The highest BCUT2D eigenvalue weighted by Crippen LogP contribution is 2.18. The highest BCUT2D eigenvalue weighted by molar-refractivity contribution is 7.92. The van der Waals surface area contributed by atoms with Gasteiger partial charge in [0.25, 0.3) is 0 Å². The van der Waals surface area contributed by atoms with Crippen molar-refractivity contribution in [1.29, 1.82) is 5.26 Å². The first-order valence-electron chi connectivity index (χ1n) is 7.11. The van der Waals surface area contributed by atoms with Crippen LogP contribution in [0.1, 0.15) is 20.3 Å². The Morgan fingerprint density at radius 2 is 1.91 bits per heavy atom. The molecule has 2 amide bonds. The van der Waals surface area contributed by atoms with Crippen molar-refractivity contribution in [3.63, 3.8) is 0 Å². The van der Waals surface area contributed by atoms with Gasteiger partial charge >= 0.3 is 6.03 Å². The number of methoxy groups -OCH3 is 1. The number of nitriles is 1. The van der Waals surface area contributed by atoms with Crippen LogP contribution in [0.15, 0.2) is 29.2 Å². The first-order chi connectivity index (χ1) is 10.8. The van der Waals surface area contributed by atoms with Gasteiger partial charge in [-0.25, -0.2) is 13.2 Å². The summed E-state index contributed by atoms with van der Waals surface area (Å²) >= 11 is 0. The van der Waals surface area contributed by atoms with Crippen molar-refractivity contribution in [3.8, 4) is 6.07 Å². The van der Waals surface area contributed by atoms with Gasteiger partial charge in [-0.2, -0.15) is 5.26 Å². The van der Waals surface area contributed by atoms with E-state index in [2.05, 4.69) is 10.6 Å². The molecule has 0 fully saturated rings. The lowest BCUT2D eigenvalue weighted by atomic mass is 10.2. The van der Waals surface area contributed by atoms with E-state index in [1.54, 1.807) is 13.2 Å². The van der Waals surface area contributed by atoms with Gasteiger partial charge in [0.05, 0.1) is 11.0 Å².